The van der Waals surface area contributed by atoms with Crippen LogP contribution in [0, 0.1) is 23.4 Å². The van der Waals surface area contributed by atoms with E-state index in [0.717, 1.165) is 68.6 Å². The van der Waals surface area contributed by atoms with Gasteiger partial charge in [-0.25, -0.2) is 14.6 Å². The van der Waals surface area contributed by atoms with Crippen LogP contribution in [-0.2, 0) is 41.7 Å². The fraction of sp³-hybridized carbons (Fsp3) is 0.132. The fourth-order valence-corrected chi connectivity index (χ4v) is 5.67. The number of benzene rings is 2. The summed E-state index contributed by atoms with van der Waals surface area (Å²) < 4.78 is 23.7. The van der Waals surface area contributed by atoms with Crippen molar-refractivity contribution in [1.82, 2.24) is 29.9 Å². The number of hydrogen-bond donors (Lipinski definition) is 1. The van der Waals surface area contributed by atoms with Gasteiger partial charge >= 0.3 is 19.5 Å². The third-order valence-corrected chi connectivity index (χ3v) is 7.78. The number of rotatable bonds is 9. The summed E-state index contributed by atoms with van der Waals surface area (Å²) in [5.74, 6) is 1.21. The van der Waals surface area contributed by atoms with Crippen molar-refractivity contribution >= 4 is 81.5 Å². The van der Waals surface area contributed by atoms with Crippen LogP contribution in [0.1, 0.15) is 19.4 Å². The van der Waals surface area contributed by atoms with Gasteiger partial charge in [0, 0.05) is 66.3 Å². The van der Waals surface area contributed by atoms with E-state index in [9.17, 15) is 14.0 Å². The number of carbonyl (C=O) groups is 2. The number of halogens is 1. The average molecular weight is 861 g/mol. The molecule has 0 unspecified atom stereocenters. The molecule has 55 heavy (non-hydrogen) atoms. The smallest absolute Gasteiger partial charge is 0.753 e. The average Bonchev–Trinajstić information content (AvgIpc) is 3.62. The van der Waals surface area contributed by atoms with E-state index in [-0.39, 0.29) is 25.3 Å². The Morgan fingerprint density at radius 3 is 1.89 bits per heavy atom. The Kier molecular flexibility index (Phi) is 16.9. The van der Waals surface area contributed by atoms with Crippen LogP contribution in [0.5, 0.6) is 11.5 Å². The molecule has 0 fully saturated rings. The molecule has 0 bridgehead atoms. The van der Waals surface area contributed by atoms with Crippen molar-refractivity contribution in [2.75, 3.05) is 18.0 Å². The normalized spacial score (nSPS) is 9.73. The molecule has 0 aliphatic rings. The zero-order valence-electron chi connectivity index (χ0n) is 29.4. The number of nitriles is 1. The molecule has 5 heterocycles. The van der Waals surface area contributed by atoms with E-state index >= 15 is 0 Å². The Bertz CT molecular complexity index is 2360. The van der Waals surface area contributed by atoms with Crippen molar-refractivity contribution in [2.45, 2.75) is 20.8 Å². The molecule has 1 N–H and O–H groups in total. The Hall–Kier alpha value is -6.17. The van der Waals surface area contributed by atoms with Crippen LogP contribution in [0.4, 0.5) is 10.1 Å². The van der Waals surface area contributed by atoms with Crippen molar-refractivity contribution in [3.63, 3.8) is 0 Å². The number of carbonyl (C=O) groups excluding carboxylic acids is 2. The third-order valence-electron chi connectivity index (χ3n) is 7.78. The number of nitrogens with one attached hydrogen (secondary N) is 1. The Morgan fingerprint density at radius 2 is 1.38 bits per heavy atom. The summed E-state index contributed by atoms with van der Waals surface area (Å²) in [5, 5.41) is 18.9. The van der Waals surface area contributed by atoms with E-state index in [4.69, 9.17) is 25.1 Å². The maximum atomic E-state index is 14.3. The van der Waals surface area contributed by atoms with Crippen LogP contribution in [0.2, 0.25) is 0 Å². The van der Waals surface area contributed by atoms with Gasteiger partial charge in [0.15, 0.2) is 0 Å². The minimum absolute atomic E-state index is 0. The van der Waals surface area contributed by atoms with Gasteiger partial charge in [-0.1, -0.05) is 17.6 Å². The summed E-state index contributed by atoms with van der Waals surface area (Å²) in [7, 11) is 0. The summed E-state index contributed by atoms with van der Waals surface area (Å²) in [4.78, 5) is 48.5. The molecule has 5 aromatic heterocycles. The SMILES string of the molecule is CCN(CC)c1cc(F)cc(C)c1-c1nc2c3cccnc3c3ncccc3c2[nH]1.N#C[S-].O=COc1ccnc(-c2cc(OC=O)ccn2)c1.[N-]=C=S.[Ru+2]. The van der Waals surface area contributed by atoms with Gasteiger partial charge in [-0.15, -0.1) is 0 Å². The molecule has 13 nitrogen and oxygen atoms in total. The maximum absolute atomic E-state index is 14.3. The van der Waals surface area contributed by atoms with Gasteiger partial charge in [-0.3, -0.25) is 29.5 Å². The Balaban J connectivity index is 0.000000278. The van der Waals surface area contributed by atoms with E-state index in [0.29, 0.717) is 35.8 Å². The van der Waals surface area contributed by atoms with Crippen LogP contribution in [0.25, 0.3) is 61.0 Å². The van der Waals surface area contributed by atoms with Crippen LogP contribution >= 0.6 is 12.2 Å². The van der Waals surface area contributed by atoms with Gasteiger partial charge in [0.05, 0.1) is 39.1 Å². The zero-order valence-corrected chi connectivity index (χ0v) is 32.8. The first-order valence-corrected chi connectivity index (χ1v) is 16.8. The molecule has 7 rings (SSSR count). The van der Waals surface area contributed by atoms with Gasteiger partial charge in [0.25, 0.3) is 12.9 Å². The number of imidazole rings is 1. The molecule has 0 aliphatic carbocycles. The molecule has 0 radical (unpaired) electrons. The number of isothiocyanates is 1. The van der Waals surface area contributed by atoms with Crippen LogP contribution in [0.15, 0.2) is 85.5 Å². The molecule has 7 aromatic rings. The number of thiocyanates is 1. The first-order chi connectivity index (χ1) is 26.3. The van der Waals surface area contributed by atoms with E-state index in [1.54, 1.807) is 48.8 Å². The van der Waals surface area contributed by atoms with Crippen molar-refractivity contribution in [3.8, 4) is 39.7 Å². The number of thiocarbonyl (C=S) groups is 1. The molecule has 278 valence electrons. The number of H-pyrrole nitrogens is 1. The van der Waals surface area contributed by atoms with E-state index < -0.39 is 0 Å². The van der Waals surface area contributed by atoms with Gasteiger partial charge in [0.1, 0.15) is 23.1 Å². The molecule has 17 heteroatoms. The second-order valence-electron chi connectivity index (χ2n) is 10.8. The topological polar surface area (TPSA) is 182 Å². The molecule has 0 atom stereocenters. The van der Waals surface area contributed by atoms with Crippen molar-refractivity contribution in [2.24, 2.45) is 0 Å². The van der Waals surface area contributed by atoms with Gasteiger partial charge in [-0.2, -0.15) is 5.16 Å². The first kappa shape index (κ1) is 43.2. The van der Waals surface area contributed by atoms with E-state index in [1.165, 1.54) is 23.0 Å². The molecule has 0 saturated carbocycles. The van der Waals surface area contributed by atoms with E-state index in [1.807, 2.05) is 31.2 Å². The standard InChI is InChI=1S/C24H22FN5.C12H8N2O4.CHNS.CNS.Ru/c1-4-30(5-2)18-13-15(25)12-14(3)19(18)24-28-22-16-8-6-10-26-20(16)21-17(23(22)29-24)9-7-11-27-21;15-7-17-9-1-3-13-11(5-9)12-6-10(18-8-16)2-4-14-12;2*2-1-3;/h6-13H,4-5H2,1-3H3,(H,28,29);1-8H;3H;;/q;;;-1;+2/p-1. The maximum Gasteiger partial charge on any atom is 2.00 e. The number of hydrogen-bond acceptors (Lipinski definition) is 13. The number of aromatic amines is 1. The zero-order chi connectivity index (χ0) is 39.0. The van der Waals surface area contributed by atoms with E-state index in [2.05, 4.69) is 68.5 Å². The second-order valence-corrected chi connectivity index (χ2v) is 11.1. The summed E-state index contributed by atoms with van der Waals surface area (Å²) in [6.45, 7) is 8.31. The second kappa shape index (κ2) is 21.5. The minimum Gasteiger partial charge on any atom is -0.753 e. The fourth-order valence-electron chi connectivity index (χ4n) is 5.67. The predicted octanol–water partition coefficient (Wildman–Crippen LogP) is 7.50. The van der Waals surface area contributed by atoms with Crippen molar-refractivity contribution in [3.05, 3.63) is 102 Å². The largest absolute Gasteiger partial charge is 2.00 e. The quantitative estimate of drug-likeness (QED) is 0.0287. The third kappa shape index (κ3) is 10.5. The van der Waals surface area contributed by atoms with Crippen molar-refractivity contribution < 1.29 is 42.9 Å². The number of fused-ring (bicyclic) bond motifs is 6. The Labute approximate surface area is 338 Å². The number of ether oxygens (including phenoxy) is 2. The molecule has 0 spiro atoms. The first-order valence-electron chi connectivity index (χ1n) is 16.0. The number of aromatic nitrogens is 6. The number of anilines is 1. The van der Waals surface area contributed by atoms with Gasteiger partial charge < -0.3 is 37.4 Å². The number of pyridine rings is 4. The summed E-state index contributed by atoms with van der Waals surface area (Å²) in [6, 6.07) is 17.2. The van der Waals surface area contributed by atoms with Crippen LogP contribution in [0.3, 0.4) is 0 Å². The molecule has 0 amide bonds. The van der Waals surface area contributed by atoms with Gasteiger partial charge in [0.2, 0.25) is 0 Å². The molecule has 0 saturated heterocycles. The number of aryl methyl sites for hydroxylation is 1. The molecule has 0 aliphatic heterocycles. The Morgan fingerprint density at radius 1 is 0.873 bits per heavy atom. The minimum atomic E-state index is -0.237. The van der Waals surface area contributed by atoms with Crippen LogP contribution < -0.4 is 14.4 Å². The van der Waals surface area contributed by atoms with Crippen LogP contribution in [-0.4, -0.2) is 61.1 Å². The van der Waals surface area contributed by atoms with Gasteiger partial charge in [-0.05, 0) is 74.9 Å². The number of nitrogens with zero attached hydrogens (tertiary/aromatic N) is 8. The predicted molar refractivity (Wildman–Crippen MR) is 210 cm³/mol. The summed E-state index contributed by atoms with van der Waals surface area (Å²) in [5.41, 5.74) is 7.07. The monoisotopic (exact) mass is 861 g/mol. The molecular formula is C38H30FN9O4RuS2. The molecular weight excluding hydrogens is 831 g/mol. The summed E-state index contributed by atoms with van der Waals surface area (Å²) in [6.07, 6.45) is 6.53. The molecule has 2 aromatic carbocycles. The summed E-state index contributed by atoms with van der Waals surface area (Å²) >= 11 is 7.40. The van der Waals surface area contributed by atoms with Crippen molar-refractivity contribution in [1.29, 1.82) is 5.26 Å².